The molecule has 1 atom stereocenters. The molecule has 0 radical (unpaired) electrons. The topological polar surface area (TPSA) is 97.0 Å². The molecule has 8 heteroatoms. The standard InChI is InChI=1S/C25H29N3O5/c1-3-32-21-12-18-11-16(2)33-22(18)13-19(21)14-26-23(29)15-27-25(31)17-6-8-20(9-7-17)28-10-4-5-24(28)30/h6-9,12-13,16H,3-5,10-11,14-15H2,1-2H3,(H,26,29)(H,27,31)/t16-/m0/s1. The van der Waals surface area contributed by atoms with Crippen LogP contribution in [-0.2, 0) is 22.6 Å². The molecule has 0 aliphatic carbocycles. The van der Waals surface area contributed by atoms with E-state index in [1.807, 2.05) is 26.0 Å². The zero-order chi connectivity index (χ0) is 23.4. The number of nitrogens with zero attached hydrogens (tertiary/aromatic N) is 1. The maximum atomic E-state index is 12.4. The molecule has 2 heterocycles. The molecular formula is C25H29N3O5. The third-order valence-corrected chi connectivity index (χ3v) is 5.78. The fourth-order valence-corrected chi connectivity index (χ4v) is 4.14. The average molecular weight is 452 g/mol. The fraction of sp³-hybridized carbons (Fsp3) is 0.400. The Morgan fingerprint density at radius 3 is 2.67 bits per heavy atom. The van der Waals surface area contributed by atoms with E-state index in [0.717, 1.165) is 41.2 Å². The van der Waals surface area contributed by atoms with Crippen molar-refractivity contribution in [2.45, 2.75) is 45.8 Å². The Morgan fingerprint density at radius 2 is 1.97 bits per heavy atom. The lowest BCUT2D eigenvalue weighted by Gasteiger charge is -2.16. The van der Waals surface area contributed by atoms with Crippen molar-refractivity contribution in [2.24, 2.45) is 0 Å². The minimum atomic E-state index is -0.348. The molecule has 33 heavy (non-hydrogen) atoms. The van der Waals surface area contributed by atoms with Gasteiger partial charge in [0, 0.05) is 48.3 Å². The molecule has 4 rings (SSSR count). The Labute approximate surface area is 193 Å². The molecule has 2 aromatic carbocycles. The van der Waals surface area contributed by atoms with Gasteiger partial charge >= 0.3 is 0 Å². The summed E-state index contributed by atoms with van der Waals surface area (Å²) in [4.78, 5) is 38.3. The van der Waals surface area contributed by atoms with Crippen molar-refractivity contribution >= 4 is 23.4 Å². The largest absolute Gasteiger partial charge is 0.494 e. The SMILES string of the molecule is CCOc1cc2c(cc1CNC(=O)CNC(=O)c1ccc(N3CCCC3=O)cc1)O[C@@H](C)C2. The van der Waals surface area contributed by atoms with Gasteiger partial charge in [-0.3, -0.25) is 14.4 Å². The Kier molecular flexibility index (Phi) is 6.82. The first-order valence-electron chi connectivity index (χ1n) is 11.3. The highest BCUT2D eigenvalue weighted by molar-refractivity contribution is 5.98. The zero-order valence-electron chi connectivity index (χ0n) is 19.0. The zero-order valence-corrected chi connectivity index (χ0v) is 19.0. The van der Waals surface area contributed by atoms with Crippen LogP contribution < -0.4 is 25.0 Å². The van der Waals surface area contributed by atoms with E-state index in [-0.39, 0.29) is 36.9 Å². The van der Waals surface area contributed by atoms with Crippen LogP contribution in [0.5, 0.6) is 11.5 Å². The molecule has 2 aliphatic heterocycles. The summed E-state index contributed by atoms with van der Waals surface area (Å²) in [5.74, 6) is 0.998. The predicted octanol–water partition coefficient (Wildman–Crippen LogP) is 2.58. The van der Waals surface area contributed by atoms with Gasteiger partial charge in [-0.25, -0.2) is 0 Å². The second kappa shape index (κ2) is 9.94. The lowest BCUT2D eigenvalue weighted by Crippen LogP contribution is -2.36. The van der Waals surface area contributed by atoms with Crippen LogP contribution in [0.15, 0.2) is 36.4 Å². The number of anilines is 1. The third kappa shape index (κ3) is 5.27. The van der Waals surface area contributed by atoms with Crippen molar-refractivity contribution in [3.05, 3.63) is 53.1 Å². The number of nitrogens with one attached hydrogen (secondary N) is 2. The summed E-state index contributed by atoms with van der Waals surface area (Å²) in [5, 5.41) is 5.46. The molecule has 0 saturated carbocycles. The second-order valence-electron chi connectivity index (χ2n) is 8.29. The van der Waals surface area contributed by atoms with E-state index in [1.54, 1.807) is 29.2 Å². The lowest BCUT2D eigenvalue weighted by molar-refractivity contribution is -0.120. The van der Waals surface area contributed by atoms with E-state index < -0.39 is 0 Å². The summed E-state index contributed by atoms with van der Waals surface area (Å²) < 4.78 is 11.6. The van der Waals surface area contributed by atoms with Crippen LogP contribution in [0.4, 0.5) is 5.69 Å². The maximum Gasteiger partial charge on any atom is 0.251 e. The van der Waals surface area contributed by atoms with Crippen molar-refractivity contribution in [3.8, 4) is 11.5 Å². The van der Waals surface area contributed by atoms with Crippen molar-refractivity contribution in [2.75, 3.05) is 24.6 Å². The number of rotatable bonds is 8. The molecule has 0 aromatic heterocycles. The molecule has 0 spiro atoms. The van der Waals surface area contributed by atoms with E-state index >= 15 is 0 Å². The van der Waals surface area contributed by atoms with E-state index in [0.29, 0.717) is 25.1 Å². The van der Waals surface area contributed by atoms with Crippen LogP contribution in [0.3, 0.4) is 0 Å². The Balaban J connectivity index is 1.29. The summed E-state index contributed by atoms with van der Waals surface area (Å²) in [5.41, 5.74) is 3.15. The van der Waals surface area contributed by atoms with E-state index in [2.05, 4.69) is 10.6 Å². The smallest absolute Gasteiger partial charge is 0.251 e. The normalized spacial score (nSPS) is 16.8. The van der Waals surface area contributed by atoms with Crippen molar-refractivity contribution in [3.63, 3.8) is 0 Å². The molecule has 3 amide bonds. The number of amides is 3. The minimum Gasteiger partial charge on any atom is -0.494 e. The highest BCUT2D eigenvalue weighted by Gasteiger charge is 2.23. The highest BCUT2D eigenvalue weighted by Crippen LogP contribution is 2.35. The quantitative estimate of drug-likeness (QED) is 0.643. The highest BCUT2D eigenvalue weighted by atomic mass is 16.5. The van der Waals surface area contributed by atoms with Gasteiger partial charge in [-0.2, -0.15) is 0 Å². The first kappa shape index (κ1) is 22.6. The Morgan fingerprint density at radius 1 is 1.18 bits per heavy atom. The lowest BCUT2D eigenvalue weighted by atomic mass is 10.1. The second-order valence-corrected chi connectivity index (χ2v) is 8.29. The molecule has 8 nitrogen and oxygen atoms in total. The fourth-order valence-electron chi connectivity index (χ4n) is 4.14. The van der Waals surface area contributed by atoms with Crippen molar-refractivity contribution in [1.82, 2.24) is 10.6 Å². The maximum absolute atomic E-state index is 12.4. The van der Waals surface area contributed by atoms with Crippen LogP contribution in [0.2, 0.25) is 0 Å². The summed E-state index contributed by atoms with van der Waals surface area (Å²) in [6.07, 6.45) is 2.36. The average Bonchev–Trinajstić information content (AvgIpc) is 3.40. The van der Waals surface area contributed by atoms with Gasteiger partial charge in [-0.05, 0) is 56.7 Å². The predicted molar refractivity (Wildman–Crippen MR) is 124 cm³/mol. The minimum absolute atomic E-state index is 0.0980. The van der Waals surface area contributed by atoms with E-state index in [1.165, 1.54) is 0 Å². The molecule has 1 saturated heterocycles. The van der Waals surface area contributed by atoms with Gasteiger partial charge in [-0.1, -0.05) is 0 Å². The number of ether oxygens (including phenoxy) is 2. The molecule has 0 bridgehead atoms. The summed E-state index contributed by atoms with van der Waals surface area (Å²) >= 11 is 0. The van der Waals surface area contributed by atoms with E-state index in [4.69, 9.17) is 9.47 Å². The number of carbonyl (C=O) groups excluding carboxylic acids is 3. The van der Waals surface area contributed by atoms with Crippen molar-refractivity contribution in [1.29, 1.82) is 0 Å². The van der Waals surface area contributed by atoms with Crippen LogP contribution >= 0.6 is 0 Å². The Bertz CT molecular complexity index is 1050. The molecule has 2 N–H and O–H groups in total. The van der Waals surface area contributed by atoms with Gasteiger partial charge in [0.05, 0.1) is 13.2 Å². The molecule has 174 valence electrons. The van der Waals surface area contributed by atoms with Crippen molar-refractivity contribution < 1.29 is 23.9 Å². The van der Waals surface area contributed by atoms with Gasteiger partial charge in [0.1, 0.15) is 17.6 Å². The van der Waals surface area contributed by atoms with Gasteiger partial charge < -0.3 is 25.0 Å². The number of carbonyl (C=O) groups is 3. The van der Waals surface area contributed by atoms with Crippen LogP contribution in [-0.4, -0.2) is 43.5 Å². The number of fused-ring (bicyclic) bond motifs is 1. The molecule has 1 fully saturated rings. The van der Waals surface area contributed by atoms with Crippen LogP contribution in [0.25, 0.3) is 0 Å². The van der Waals surface area contributed by atoms with Crippen LogP contribution in [0, 0.1) is 0 Å². The summed E-state index contributed by atoms with van der Waals surface area (Å²) in [7, 11) is 0. The number of hydrogen-bond donors (Lipinski definition) is 2. The van der Waals surface area contributed by atoms with Gasteiger partial charge in [0.2, 0.25) is 11.8 Å². The molecule has 2 aliphatic rings. The third-order valence-electron chi connectivity index (χ3n) is 5.78. The summed E-state index contributed by atoms with van der Waals surface area (Å²) in [6.45, 7) is 5.28. The van der Waals surface area contributed by atoms with Gasteiger partial charge in [0.15, 0.2) is 0 Å². The summed E-state index contributed by atoms with van der Waals surface area (Å²) in [6, 6.07) is 10.7. The monoisotopic (exact) mass is 451 g/mol. The first-order chi connectivity index (χ1) is 15.9. The van der Waals surface area contributed by atoms with Crippen LogP contribution in [0.1, 0.15) is 48.2 Å². The number of hydrogen-bond acceptors (Lipinski definition) is 5. The first-order valence-corrected chi connectivity index (χ1v) is 11.3. The molecule has 2 aromatic rings. The molecular weight excluding hydrogens is 422 g/mol. The number of benzene rings is 2. The van der Waals surface area contributed by atoms with Gasteiger partial charge in [-0.15, -0.1) is 0 Å². The molecule has 0 unspecified atom stereocenters. The van der Waals surface area contributed by atoms with Gasteiger partial charge in [0.25, 0.3) is 5.91 Å². The van der Waals surface area contributed by atoms with E-state index in [9.17, 15) is 14.4 Å². The Hall–Kier alpha value is -3.55.